The summed E-state index contributed by atoms with van der Waals surface area (Å²) in [5.41, 5.74) is 1.56. The van der Waals surface area contributed by atoms with Gasteiger partial charge in [0.2, 0.25) is 0 Å². The number of carbonyl (C=O) groups is 1. The molecular formula is C12H15Cl2NO. The van der Waals surface area contributed by atoms with Gasteiger partial charge in [-0.1, -0.05) is 11.6 Å². The molecule has 0 bridgehead atoms. The first-order valence-corrected chi connectivity index (χ1v) is 6.08. The maximum Gasteiger partial charge on any atom is 0.251 e. The van der Waals surface area contributed by atoms with E-state index in [1.54, 1.807) is 6.07 Å². The molecule has 16 heavy (non-hydrogen) atoms. The summed E-state index contributed by atoms with van der Waals surface area (Å²) in [5, 5.41) is 3.45. The number of hydrogen-bond donors (Lipinski definition) is 1. The minimum Gasteiger partial charge on any atom is -0.350 e. The number of benzene rings is 1. The van der Waals surface area contributed by atoms with Gasteiger partial charge in [-0.05, 0) is 44.0 Å². The SMILES string of the molecule is Cc1cc(Cl)cc(C(=O)NC(C)CCCl)c1. The van der Waals surface area contributed by atoms with E-state index in [9.17, 15) is 4.79 Å². The van der Waals surface area contributed by atoms with Crippen LogP contribution in [0.25, 0.3) is 0 Å². The van der Waals surface area contributed by atoms with E-state index in [0.29, 0.717) is 16.5 Å². The van der Waals surface area contributed by atoms with Gasteiger partial charge in [-0.15, -0.1) is 11.6 Å². The molecule has 0 spiro atoms. The van der Waals surface area contributed by atoms with Crippen LogP contribution in [0, 0.1) is 6.92 Å². The Morgan fingerprint density at radius 3 is 2.69 bits per heavy atom. The van der Waals surface area contributed by atoms with Crippen molar-refractivity contribution in [1.29, 1.82) is 0 Å². The molecule has 0 saturated carbocycles. The summed E-state index contributed by atoms with van der Waals surface area (Å²) in [6, 6.07) is 5.37. The molecule has 0 saturated heterocycles. The van der Waals surface area contributed by atoms with Crippen molar-refractivity contribution >= 4 is 29.1 Å². The highest BCUT2D eigenvalue weighted by Crippen LogP contribution is 2.14. The van der Waals surface area contributed by atoms with E-state index in [1.165, 1.54) is 0 Å². The van der Waals surface area contributed by atoms with Gasteiger partial charge in [0.05, 0.1) is 0 Å². The summed E-state index contributed by atoms with van der Waals surface area (Å²) >= 11 is 11.5. The van der Waals surface area contributed by atoms with Crippen LogP contribution in [0.4, 0.5) is 0 Å². The smallest absolute Gasteiger partial charge is 0.251 e. The zero-order chi connectivity index (χ0) is 12.1. The second-order valence-corrected chi connectivity index (χ2v) is 4.68. The minimum atomic E-state index is -0.108. The highest BCUT2D eigenvalue weighted by molar-refractivity contribution is 6.31. The van der Waals surface area contributed by atoms with Crippen LogP contribution in [0.5, 0.6) is 0 Å². The third-order valence-corrected chi connectivity index (χ3v) is 2.66. The molecule has 88 valence electrons. The molecular weight excluding hydrogens is 245 g/mol. The van der Waals surface area contributed by atoms with Crippen LogP contribution in [0.15, 0.2) is 18.2 Å². The first kappa shape index (κ1) is 13.3. The monoisotopic (exact) mass is 259 g/mol. The number of amides is 1. The molecule has 1 atom stereocenters. The molecule has 0 aliphatic carbocycles. The van der Waals surface area contributed by atoms with Crippen molar-refractivity contribution in [1.82, 2.24) is 5.32 Å². The Labute approximate surface area is 106 Å². The maximum absolute atomic E-state index is 11.8. The molecule has 1 aromatic carbocycles. The van der Waals surface area contributed by atoms with Gasteiger partial charge in [0, 0.05) is 22.5 Å². The third-order valence-electron chi connectivity index (χ3n) is 2.22. The second kappa shape index (κ2) is 6.12. The normalized spacial score (nSPS) is 12.2. The Balaban J connectivity index is 2.72. The van der Waals surface area contributed by atoms with E-state index in [1.807, 2.05) is 26.0 Å². The standard InChI is InChI=1S/C12H15Cl2NO/c1-8-5-10(7-11(14)6-8)12(16)15-9(2)3-4-13/h5-7,9H,3-4H2,1-2H3,(H,15,16). The van der Waals surface area contributed by atoms with Gasteiger partial charge >= 0.3 is 0 Å². The lowest BCUT2D eigenvalue weighted by Crippen LogP contribution is -2.32. The van der Waals surface area contributed by atoms with Crippen LogP contribution in [0.2, 0.25) is 5.02 Å². The van der Waals surface area contributed by atoms with Gasteiger partial charge in [0.25, 0.3) is 5.91 Å². The summed E-state index contributed by atoms with van der Waals surface area (Å²) in [4.78, 5) is 11.8. The van der Waals surface area contributed by atoms with Gasteiger partial charge in [-0.2, -0.15) is 0 Å². The number of rotatable bonds is 4. The van der Waals surface area contributed by atoms with E-state index in [0.717, 1.165) is 12.0 Å². The third kappa shape index (κ3) is 4.03. The van der Waals surface area contributed by atoms with Crippen molar-refractivity contribution in [2.75, 3.05) is 5.88 Å². The molecule has 1 rings (SSSR count). The molecule has 0 aliphatic heterocycles. The fraction of sp³-hybridized carbons (Fsp3) is 0.417. The Morgan fingerprint density at radius 1 is 1.44 bits per heavy atom. The fourth-order valence-electron chi connectivity index (χ4n) is 1.41. The molecule has 1 unspecified atom stereocenters. The first-order chi connectivity index (χ1) is 7.52. The molecule has 1 aromatic rings. The number of halogens is 2. The quantitative estimate of drug-likeness (QED) is 0.826. The van der Waals surface area contributed by atoms with Crippen LogP contribution in [-0.4, -0.2) is 17.8 Å². The fourth-order valence-corrected chi connectivity index (χ4v) is 2.03. The molecule has 0 aliphatic rings. The molecule has 0 radical (unpaired) electrons. The summed E-state index contributed by atoms with van der Waals surface area (Å²) in [6.45, 7) is 3.84. The lowest BCUT2D eigenvalue weighted by molar-refractivity contribution is 0.0939. The number of aryl methyl sites for hydroxylation is 1. The molecule has 2 nitrogen and oxygen atoms in total. The summed E-state index contributed by atoms with van der Waals surface area (Å²) in [5.74, 6) is 0.430. The van der Waals surface area contributed by atoms with Gasteiger partial charge in [-0.3, -0.25) is 4.79 Å². The van der Waals surface area contributed by atoms with E-state index in [2.05, 4.69) is 5.32 Å². The molecule has 0 fully saturated rings. The van der Waals surface area contributed by atoms with Crippen LogP contribution in [-0.2, 0) is 0 Å². The van der Waals surface area contributed by atoms with Crippen molar-refractivity contribution in [3.63, 3.8) is 0 Å². The maximum atomic E-state index is 11.8. The van der Waals surface area contributed by atoms with E-state index < -0.39 is 0 Å². The number of nitrogens with one attached hydrogen (secondary N) is 1. The molecule has 4 heteroatoms. The van der Waals surface area contributed by atoms with Crippen molar-refractivity contribution in [2.24, 2.45) is 0 Å². The Kier molecular flexibility index (Phi) is 5.10. The predicted molar refractivity (Wildman–Crippen MR) is 68.5 cm³/mol. The number of hydrogen-bond acceptors (Lipinski definition) is 1. The predicted octanol–water partition coefficient (Wildman–Crippen LogP) is 3.40. The van der Waals surface area contributed by atoms with Crippen molar-refractivity contribution in [2.45, 2.75) is 26.3 Å². The zero-order valence-electron chi connectivity index (χ0n) is 9.39. The van der Waals surface area contributed by atoms with Crippen LogP contribution in [0.1, 0.15) is 29.3 Å². The Bertz CT molecular complexity index is 359. The Hall–Kier alpha value is -0.730. The van der Waals surface area contributed by atoms with Crippen LogP contribution < -0.4 is 5.32 Å². The molecule has 1 N–H and O–H groups in total. The summed E-state index contributed by atoms with van der Waals surface area (Å²) < 4.78 is 0. The van der Waals surface area contributed by atoms with Gasteiger partial charge in [0.15, 0.2) is 0 Å². The highest BCUT2D eigenvalue weighted by atomic mass is 35.5. The molecule has 0 heterocycles. The summed E-state index contributed by atoms with van der Waals surface area (Å²) in [6.07, 6.45) is 0.757. The van der Waals surface area contributed by atoms with Crippen molar-refractivity contribution < 1.29 is 4.79 Å². The van der Waals surface area contributed by atoms with Crippen molar-refractivity contribution in [3.05, 3.63) is 34.3 Å². The van der Waals surface area contributed by atoms with Gasteiger partial charge in [0.1, 0.15) is 0 Å². The van der Waals surface area contributed by atoms with E-state index >= 15 is 0 Å². The van der Waals surface area contributed by atoms with Gasteiger partial charge < -0.3 is 5.32 Å². The zero-order valence-corrected chi connectivity index (χ0v) is 10.9. The average molecular weight is 260 g/mol. The first-order valence-electron chi connectivity index (χ1n) is 5.17. The second-order valence-electron chi connectivity index (χ2n) is 3.87. The minimum absolute atomic E-state index is 0.0734. The molecule has 1 amide bonds. The Morgan fingerprint density at radius 2 is 2.12 bits per heavy atom. The highest BCUT2D eigenvalue weighted by Gasteiger charge is 2.10. The van der Waals surface area contributed by atoms with E-state index in [-0.39, 0.29) is 11.9 Å². The number of alkyl halides is 1. The average Bonchev–Trinajstić information content (AvgIpc) is 2.16. The topological polar surface area (TPSA) is 29.1 Å². The van der Waals surface area contributed by atoms with Gasteiger partial charge in [-0.25, -0.2) is 0 Å². The summed E-state index contributed by atoms with van der Waals surface area (Å²) in [7, 11) is 0. The lowest BCUT2D eigenvalue weighted by atomic mass is 10.1. The van der Waals surface area contributed by atoms with Crippen LogP contribution >= 0.6 is 23.2 Å². The van der Waals surface area contributed by atoms with Crippen LogP contribution in [0.3, 0.4) is 0 Å². The molecule has 0 aromatic heterocycles. The van der Waals surface area contributed by atoms with Crippen molar-refractivity contribution in [3.8, 4) is 0 Å². The van der Waals surface area contributed by atoms with E-state index in [4.69, 9.17) is 23.2 Å². The number of carbonyl (C=O) groups excluding carboxylic acids is 1. The lowest BCUT2D eigenvalue weighted by Gasteiger charge is -2.12. The largest absolute Gasteiger partial charge is 0.350 e.